The monoisotopic (exact) mass is 292 g/mol. The molecule has 1 aliphatic carbocycles. The minimum Gasteiger partial charge on any atom is -0.345 e. The maximum atomic E-state index is 5.98. The highest BCUT2D eigenvalue weighted by Gasteiger charge is 2.24. The molecule has 0 radical (unpaired) electrons. The van der Waals surface area contributed by atoms with Gasteiger partial charge in [-0.2, -0.15) is 0 Å². The third-order valence-electron chi connectivity index (χ3n) is 4.10. The Kier molecular flexibility index (Phi) is 3.35. The van der Waals surface area contributed by atoms with Crippen molar-refractivity contribution in [1.82, 2.24) is 24.6 Å². The number of halogens is 1. The van der Waals surface area contributed by atoms with Gasteiger partial charge >= 0.3 is 0 Å². The molecule has 106 valence electrons. The Morgan fingerprint density at radius 1 is 1.20 bits per heavy atom. The van der Waals surface area contributed by atoms with Crippen molar-refractivity contribution in [2.24, 2.45) is 5.73 Å². The Morgan fingerprint density at radius 2 is 2.00 bits per heavy atom. The van der Waals surface area contributed by atoms with E-state index >= 15 is 0 Å². The highest BCUT2D eigenvalue weighted by atomic mass is 35.5. The van der Waals surface area contributed by atoms with Crippen LogP contribution in [-0.4, -0.2) is 30.6 Å². The summed E-state index contributed by atoms with van der Waals surface area (Å²) in [6, 6.07) is 2.38. The third kappa shape index (κ3) is 1.96. The quantitative estimate of drug-likeness (QED) is 0.718. The van der Waals surface area contributed by atoms with Crippen LogP contribution in [0.2, 0.25) is 0 Å². The average Bonchev–Trinajstić information content (AvgIpc) is 3.04. The molecule has 3 aromatic heterocycles. The Balaban J connectivity index is 0.00000121. The van der Waals surface area contributed by atoms with Crippen LogP contribution in [0.15, 0.2) is 18.5 Å². The number of rotatable bonds is 1. The van der Waals surface area contributed by atoms with E-state index in [4.69, 9.17) is 5.73 Å². The van der Waals surface area contributed by atoms with Gasteiger partial charge in [0.05, 0.1) is 11.7 Å². The van der Waals surface area contributed by atoms with Crippen molar-refractivity contribution in [2.45, 2.75) is 37.6 Å². The number of aromatic amines is 1. The predicted molar refractivity (Wildman–Crippen MR) is 79.1 cm³/mol. The lowest BCUT2D eigenvalue weighted by Crippen LogP contribution is -2.26. The second-order valence-electron chi connectivity index (χ2n) is 5.33. The fourth-order valence-electron chi connectivity index (χ4n) is 3.04. The molecule has 0 aromatic carbocycles. The van der Waals surface area contributed by atoms with E-state index in [1.165, 1.54) is 0 Å². The molecule has 20 heavy (non-hydrogen) atoms. The van der Waals surface area contributed by atoms with Gasteiger partial charge in [-0.15, -0.1) is 22.6 Å². The molecule has 0 bridgehead atoms. The molecule has 1 fully saturated rings. The van der Waals surface area contributed by atoms with Gasteiger partial charge in [0.1, 0.15) is 5.82 Å². The molecule has 0 spiro atoms. The van der Waals surface area contributed by atoms with Crippen LogP contribution in [0.4, 0.5) is 0 Å². The van der Waals surface area contributed by atoms with E-state index in [-0.39, 0.29) is 12.4 Å². The molecule has 1 saturated carbocycles. The maximum absolute atomic E-state index is 5.98. The SMILES string of the molecule is Cl.N[C@H]1CC[C@H](c2nnc3cnc4[nH]ccc4n32)CC1. The fourth-order valence-corrected chi connectivity index (χ4v) is 3.04. The normalized spacial score (nSPS) is 23.1. The second-order valence-corrected chi connectivity index (χ2v) is 5.33. The van der Waals surface area contributed by atoms with Gasteiger partial charge in [-0.05, 0) is 31.7 Å². The van der Waals surface area contributed by atoms with Gasteiger partial charge < -0.3 is 10.7 Å². The average molecular weight is 293 g/mol. The Bertz CT molecular complexity index is 725. The molecule has 0 unspecified atom stereocenters. The minimum absolute atomic E-state index is 0. The van der Waals surface area contributed by atoms with E-state index in [0.717, 1.165) is 48.3 Å². The number of aromatic nitrogens is 5. The lowest BCUT2D eigenvalue weighted by atomic mass is 9.86. The summed E-state index contributed by atoms with van der Waals surface area (Å²) in [4.78, 5) is 7.47. The van der Waals surface area contributed by atoms with Crippen molar-refractivity contribution in [2.75, 3.05) is 0 Å². The molecule has 0 saturated heterocycles. The molecule has 0 aliphatic heterocycles. The Hall–Kier alpha value is -1.66. The first-order valence-corrected chi connectivity index (χ1v) is 6.75. The molecule has 3 N–H and O–H groups in total. The summed E-state index contributed by atoms with van der Waals surface area (Å²) < 4.78 is 2.13. The summed E-state index contributed by atoms with van der Waals surface area (Å²) >= 11 is 0. The minimum atomic E-state index is 0. The van der Waals surface area contributed by atoms with Gasteiger partial charge in [0.15, 0.2) is 11.3 Å². The molecule has 7 heteroatoms. The molecule has 4 rings (SSSR count). The molecule has 0 atom stereocenters. The zero-order valence-corrected chi connectivity index (χ0v) is 11.8. The van der Waals surface area contributed by atoms with Crippen molar-refractivity contribution in [3.05, 3.63) is 24.3 Å². The highest BCUT2D eigenvalue weighted by molar-refractivity contribution is 5.85. The van der Waals surface area contributed by atoms with Crippen molar-refractivity contribution in [3.8, 4) is 0 Å². The number of H-pyrrole nitrogens is 1. The van der Waals surface area contributed by atoms with E-state index in [1.807, 2.05) is 12.3 Å². The number of nitrogens with two attached hydrogens (primary N) is 1. The highest BCUT2D eigenvalue weighted by Crippen LogP contribution is 2.32. The van der Waals surface area contributed by atoms with Crippen molar-refractivity contribution < 1.29 is 0 Å². The number of nitrogens with zero attached hydrogens (tertiary/aromatic N) is 4. The van der Waals surface area contributed by atoms with E-state index < -0.39 is 0 Å². The van der Waals surface area contributed by atoms with Gasteiger partial charge in [0, 0.05) is 18.2 Å². The van der Waals surface area contributed by atoms with Crippen molar-refractivity contribution in [3.63, 3.8) is 0 Å². The first-order valence-electron chi connectivity index (χ1n) is 6.75. The topological polar surface area (TPSA) is 84.9 Å². The van der Waals surface area contributed by atoms with Crippen molar-refractivity contribution >= 4 is 29.2 Å². The molecular formula is C13H17ClN6. The van der Waals surface area contributed by atoms with Crippen LogP contribution in [-0.2, 0) is 0 Å². The van der Waals surface area contributed by atoms with Gasteiger partial charge in [0.2, 0.25) is 0 Å². The first-order chi connectivity index (χ1) is 9.33. The van der Waals surface area contributed by atoms with Crippen LogP contribution in [0.3, 0.4) is 0 Å². The van der Waals surface area contributed by atoms with Crippen LogP contribution < -0.4 is 5.73 Å². The third-order valence-corrected chi connectivity index (χ3v) is 4.10. The van der Waals surface area contributed by atoms with Gasteiger partial charge in [-0.3, -0.25) is 4.40 Å². The Labute approximate surface area is 122 Å². The van der Waals surface area contributed by atoms with Gasteiger partial charge in [-0.1, -0.05) is 0 Å². The van der Waals surface area contributed by atoms with E-state index in [1.54, 1.807) is 6.20 Å². The molecule has 3 aromatic rings. The summed E-state index contributed by atoms with van der Waals surface area (Å²) in [5.74, 6) is 1.50. The molecule has 3 heterocycles. The lowest BCUT2D eigenvalue weighted by molar-refractivity contribution is 0.384. The van der Waals surface area contributed by atoms with E-state index in [0.29, 0.717) is 12.0 Å². The number of nitrogens with one attached hydrogen (secondary N) is 1. The summed E-state index contributed by atoms with van der Waals surface area (Å²) in [6.07, 6.45) is 8.00. The summed E-state index contributed by atoms with van der Waals surface area (Å²) in [6.45, 7) is 0. The second kappa shape index (κ2) is 5.03. The van der Waals surface area contributed by atoms with Crippen LogP contribution >= 0.6 is 12.4 Å². The molecule has 6 nitrogen and oxygen atoms in total. The Morgan fingerprint density at radius 3 is 2.80 bits per heavy atom. The zero-order chi connectivity index (χ0) is 12.8. The van der Waals surface area contributed by atoms with Gasteiger partial charge in [-0.25, -0.2) is 4.98 Å². The summed E-state index contributed by atoms with van der Waals surface area (Å²) in [5.41, 5.74) is 8.72. The predicted octanol–water partition coefficient (Wildman–Crippen LogP) is 2.01. The maximum Gasteiger partial charge on any atom is 0.179 e. The number of fused-ring (bicyclic) bond motifs is 3. The number of hydrogen-bond acceptors (Lipinski definition) is 4. The fraction of sp³-hybridized carbons (Fsp3) is 0.462. The molecule has 0 amide bonds. The molecular weight excluding hydrogens is 276 g/mol. The number of hydrogen-bond donors (Lipinski definition) is 2. The van der Waals surface area contributed by atoms with E-state index in [9.17, 15) is 0 Å². The largest absolute Gasteiger partial charge is 0.345 e. The van der Waals surface area contributed by atoms with Gasteiger partial charge in [0.25, 0.3) is 0 Å². The van der Waals surface area contributed by atoms with Crippen LogP contribution in [0.5, 0.6) is 0 Å². The van der Waals surface area contributed by atoms with Crippen LogP contribution in [0, 0.1) is 0 Å². The smallest absolute Gasteiger partial charge is 0.179 e. The lowest BCUT2D eigenvalue weighted by Gasteiger charge is -2.24. The zero-order valence-electron chi connectivity index (χ0n) is 11.0. The molecule has 1 aliphatic rings. The van der Waals surface area contributed by atoms with Crippen LogP contribution in [0.1, 0.15) is 37.4 Å². The van der Waals surface area contributed by atoms with E-state index in [2.05, 4.69) is 24.6 Å². The standard InChI is InChI=1S/C13H16N6.ClH/c14-9-3-1-8(2-4-9)13-18-17-11-7-16-12-10(19(11)13)5-6-15-12;/h5-9,15H,1-4,14H2;1H/t8-,9-;. The van der Waals surface area contributed by atoms with Crippen molar-refractivity contribution in [1.29, 1.82) is 0 Å². The first kappa shape index (κ1) is 13.3. The van der Waals surface area contributed by atoms with Crippen LogP contribution in [0.25, 0.3) is 16.8 Å². The summed E-state index contributed by atoms with van der Waals surface area (Å²) in [5, 5.41) is 8.64. The summed E-state index contributed by atoms with van der Waals surface area (Å²) in [7, 11) is 0.